The summed E-state index contributed by atoms with van der Waals surface area (Å²) >= 11 is 0. The predicted octanol–water partition coefficient (Wildman–Crippen LogP) is 5.24. The number of hydrogen-bond donors (Lipinski definition) is 0. The highest BCUT2D eigenvalue weighted by Crippen LogP contribution is 2.37. The highest BCUT2D eigenvalue weighted by molar-refractivity contribution is 6.11. The van der Waals surface area contributed by atoms with E-state index in [1.54, 1.807) is 0 Å². The Balaban J connectivity index is 2.02. The lowest BCUT2D eigenvalue weighted by Gasteiger charge is -2.06. The van der Waals surface area contributed by atoms with Crippen LogP contribution in [0.4, 0.5) is 0 Å². The van der Waals surface area contributed by atoms with Gasteiger partial charge in [0.15, 0.2) is 17.4 Å². The van der Waals surface area contributed by atoms with Gasteiger partial charge in [-0.2, -0.15) is 4.57 Å². The van der Waals surface area contributed by atoms with Gasteiger partial charge in [0.05, 0.1) is 11.1 Å². The number of rotatable bonds is 1. The molecule has 2 aromatic carbocycles. The van der Waals surface area contributed by atoms with E-state index in [9.17, 15) is 0 Å². The van der Waals surface area contributed by atoms with Gasteiger partial charge in [-0.05, 0) is 37.6 Å². The number of hydrogen-bond acceptors (Lipinski definition) is 2. The van der Waals surface area contributed by atoms with Crippen molar-refractivity contribution in [3.63, 3.8) is 0 Å². The van der Waals surface area contributed by atoms with Gasteiger partial charge in [0, 0.05) is 10.9 Å². The SMILES string of the molecule is Cc1ccccc1-c1c2c(oc3cc4ccccc4nc32)c(C)c[n+]1C. The molecule has 3 aromatic heterocycles. The molecule has 3 heterocycles. The molecule has 0 saturated carbocycles. The predicted molar refractivity (Wildman–Crippen MR) is 105 cm³/mol. The van der Waals surface area contributed by atoms with Crippen LogP contribution in [-0.2, 0) is 7.05 Å². The second-order valence-corrected chi connectivity index (χ2v) is 6.92. The minimum absolute atomic E-state index is 0.836. The molecule has 0 aliphatic rings. The third-order valence-corrected chi connectivity index (χ3v) is 5.10. The molecule has 3 nitrogen and oxygen atoms in total. The monoisotopic (exact) mass is 339 g/mol. The largest absolute Gasteiger partial charge is 0.454 e. The topological polar surface area (TPSA) is 29.9 Å². The van der Waals surface area contributed by atoms with Crippen LogP contribution in [0.15, 0.2) is 65.2 Å². The fourth-order valence-electron chi connectivity index (χ4n) is 3.87. The minimum Gasteiger partial charge on any atom is -0.454 e. The molecule has 0 unspecified atom stereocenters. The summed E-state index contributed by atoms with van der Waals surface area (Å²) in [6.45, 7) is 4.23. The highest BCUT2D eigenvalue weighted by atomic mass is 16.3. The smallest absolute Gasteiger partial charge is 0.226 e. The number of furan rings is 1. The molecule has 0 aliphatic heterocycles. The maximum absolute atomic E-state index is 6.27. The first-order valence-corrected chi connectivity index (χ1v) is 8.81. The summed E-state index contributed by atoms with van der Waals surface area (Å²) in [6.07, 6.45) is 2.13. The molecule has 0 atom stereocenters. The molecule has 0 fully saturated rings. The van der Waals surface area contributed by atoms with Crippen molar-refractivity contribution in [1.29, 1.82) is 0 Å². The summed E-state index contributed by atoms with van der Waals surface area (Å²) in [4.78, 5) is 4.96. The molecule has 0 saturated heterocycles. The molecular weight excluding hydrogens is 320 g/mol. The average molecular weight is 339 g/mol. The first-order valence-electron chi connectivity index (χ1n) is 8.81. The lowest BCUT2D eigenvalue weighted by Crippen LogP contribution is -2.31. The normalized spacial score (nSPS) is 11.7. The van der Waals surface area contributed by atoms with Gasteiger partial charge in [0.25, 0.3) is 0 Å². The lowest BCUT2D eigenvalue weighted by molar-refractivity contribution is -0.659. The molecule has 0 radical (unpaired) electrons. The zero-order valence-electron chi connectivity index (χ0n) is 15.1. The fourth-order valence-corrected chi connectivity index (χ4v) is 3.87. The van der Waals surface area contributed by atoms with E-state index in [1.807, 2.05) is 12.1 Å². The van der Waals surface area contributed by atoms with Crippen molar-refractivity contribution in [3.8, 4) is 11.3 Å². The van der Waals surface area contributed by atoms with E-state index in [2.05, 4.69) is 74.1 Å². The molecule has 0 bridgehead atoms. The quantitative estimate of drug-likeness (QED) is 0.391. The Morgan fingerprint density at radius 3 is 2.54 bits per heavy atom. The van der Waals surface area contributed by atoms with Gasteiger partial charge in [-0.15, -0.1) is 0 Å². The standard InChI is InChI=1S/C23H19N2O/c1-14-8-4-6-10-17(14)22-20-21-19(26-23(20)15(2)13-25(22)3)12-16-9-5-7-11-18(16)24-21/h4-13H,1-3H3/q+1. The molecular formula is C23H19N2O+. The van der Waals surface area contributed by atoms with Crippen LogP contribution < -0.4 is 4.57 Å². The average Bonchev–Trinajstić information content (AvgIpc) is 3.00. The van der Waals surface area contributed by atoms with Gasteiger partial charge in [-0.25, -0.2) is 4.98 Å². The summed E-state index contributed by atoms with van der Waals surface area (Å²) in [5.74, 6) is 0. The van der Waals surface area contributed by atoms with E-state index in [4.69, 9.17) is 9.40 Å². The van der Waals surface area contributed by atoms with E-state index >= 15 is 0 Å². The van der Waals surface area contributed by atoms with E-state index in [-0.39, 0.29) is 0 Å². The number of pyridine rings is 2. The molecule has 0 amide bonds. The van der Waals surface area contributed by atoms with Crippen molar-refractivity contribution >= 4 is 33.0 Å². The van der Waals surface area contributed by atoms with Crippen LogP contribution in [0.1, 0.15) is 11.1 Å². The van der Waals surface area contributed by atoms with Crippen molar-refractivity contribution < 1.29 is 8.98 Å². The van der Waals surface area contributed by atoms with E-state index in [0.29, 0.717) is 0 Å². The zero-order chi connectivity index (χ0) is 17.8. The number of benzene rings is 2. The molecule has 3 heteroatoms. The van der Waals surface area contributed by atoms with Crippen LogP contribution in [0.2, 0.25) is 0 Å². The van der Waals surface area contributed by atoms with Crippen molar-refractivity contribution in [1.82, 2.24) is 4.98 Å². The molecule has 5 rings (SSSR count). The van der Waals surface area contributed by atoms with Crippen LogP contribution in [0.5, 0.6) is 0 Å². The fraction of sp³-hybridized carbons (Fsp3) is 0.130. The Labute approximate surface area is 151 Å². The summed E-state index contributed by atoms with van der Waals surface area (Å²) < 4.78 is 8.46. The maximum Gasteiger partial charge on any atom is 0.226 e. The number of fused-ring (bicyclic) bond motifs is 4. The Morgan fingerprint density at radius 2 is 1.69 bits per heavy atom. The van der Waals surface area contributed by atoms with Crippen molar-refractivity contribution in [3.05, 3.63) is 71.9 Å². The summed E-state index contributed by atoms with van der Waals surface area (Å²) in [7, 11) is 2.09. The van der Waals surface area contributed by atoms with E-state index < -0.39 is 0 Å². The van der Waals surface area contributed by atoms with Gasteiger partial charge in [0.1, 0.15) is 18.0 Å². The Kier molecular flexibility index (Phi) is 3.13. The second kappa shape index (κ2) is 5.40. The molecule has 5 aromatic rings. The van der Waals surface area contributed by atoms with Crippen LogP contribution in [0.3, 0.4) is 0 Å². The maximum atomic E-state index is 6.27. The third-order valence-electron chi connectivity index (χ3n) is 5.10. The van der Waals surface area contributed by atoms with Crippen molar-refractivity contribution in [2.75, 3.05) is 0 Å². The molecule has 0 N–H and O–H groups in total. The Morgan fingerprint density at radius 1 is 0.923 bits per heavy atom. The van der Waals surface area contributed by atoms with Crippen molar-refractivity contribution in [2.24, 2.45) is 7.05 Å². The van der Waals surface area contributed by atoms with Crippen LogP contribution >= 0.6 is 0 Å². The first kappa shape index (κ1) is 15.1. The number of aromatic nitrogens is 2. The van der Waals surface area contributed by atoms with Gasteiger partial charge >= 0.3 is 0 Å². The number of para-hydroxylation sites is 1. The number of nitrogens with zero attached hydrogens (tertiary/aromatic N) is 2. The minimum atomic E-state index is 0.836. The van der Waals surface area contributed by atoms with Gasteiger partial charge in [-0.3, -0.25) is 0 Å². The Bertz CT molecular complexity index is 1310. The highest BCUT2D eigenvalue weighted by Gasteiger charge is 2.25. The zero-order valence-corrected chi connectivity index (χ0v) is 15.1. The van der Waals surface area contributed by atoms with Crippen LogP contribution in [0.25, 0.3) is 44.2 Å². The van der Waals surface area contributed by atoms with E-state index in [0.717, 1.165) is 44.2 Å². The number of aryl methyl sites for hydroxylation is 3. The summed E-state index contributed by atoms with van der Waals surface area (Å²) in [5, 5.41) is 2.18. The van der Waals surface area contributed by atoms with Crippen LogP contribution in [0, 0.1) is 13.8 Å². The van der Waals surface area contributed by atoms with Crippen LogP contribution in [-0.4, -0.2) is 4.98 Å². The molecule has 126 valence electrons. The lowest BCUT2D eigenvalue weighted by atomic mass is 10.0. The van der Waals surface area contributed by atoms with Crippen molar-refractivity contribution in [2.45, 2.75) is 13.8 Å². The molecule has 0 aliphatic carbocycles. The molecule has 0 spiro atoms. The first-order chi connectivity index (χ1) is 12.6. The summed E-state index contributed by atoms with van der Waals surface area (Å²) in [6, 6.07) is 18.7. The molecule has 26 heavy (non-hydrogen) atoms. The van der Waals surface area contributed by atoms with Gasteiger partial charge < -0.3 is 4.42 Å². The summed E-state index contributed by atoms with van der Waals surface area (Å²) in [5.41, 5.74) is 8.37. The third kappa shape index (κ3) is 2.07. The van der Waals surface area contributed by atoms with Gasteiger partial charge in [-0.1, -0.05) is 36.4 Å². The van der Waals surface area contributed by atoms with E-state index in [1.165, 1.54) is 11.1 Å². The van der Waals surface area contributed by atoms with Gasteiger partial charge in [0.2, 0.25) is 5.69 Å². The second-order valence-electron chi connectivity index (χ2n) is 6.92. The Hall–Kier alpha value is -3.20.